The summed E-state index contributed by atoms with van der Waals surface area (Å²) in [5.74, 6) is -0.126. The van der Waals surface area contributed by atoms with Gasteiger partial charge in [0.05, 0.1) is 11.7 Å². The van der Waals surface area contributed by atoms with E-state index in [4.69, 9.17) is 0 Å². The van der Waals surface area contributed by atoms with Crippen LogP contribution in [0.4, 0.5) is 5.69 Å². The third kappa shape index (κ3) is 4.55. The van der Waals surface area contributed by atoms with Crippen molar-refractivity contribution in [3.8, 4) is 11.1 Å². The van der Waals surface area contributed by atoms with Gasteiger partial charge in [0.25, 0.3) is 5.91 Å². The van der Waals surface area contributed by atoms with Crippen molar-refractivity contribution in [3.05, 3.63) is 48.3 Å². The minimum Gasteiger partial charge on any atom is -0.391 e. The number of nitrogens with one attached hydrogen (secondary N) is 1. The Morgan fingerprint density at radius 1 is 1.17 bits per heavy atom. The van der Waals surface area contributed by atoms with Gasteiger partial charge >= 0.3 is 0 Å². The summed E-state index contributed by atoms with van der Waals surface area (Å²) in [5, 5.41) is 12.5. The first-order valence-electron chi connectivity index (χ1n) is 8.07. The minimum absolute atomic E-state index is 0.102. The molecule has 1 aromatic heterocycles. The maximum absolute atomic E-state index is 12.2. The largest absolute Gasteiger partial charge is 0.391 e. The molecule has 0 radical (unpaired) electrons. The maximum atomic E-state index is 12.2. The average molecular weight is 327 g/mol. The molecule has 2 rings (SSSR count). The normalized spacial score (nSPS) is 12.1. The number of benzene rings is 1. The number of anilines is 1. The van der Waals surface area contributed by atoms with Crippen LogP contribution in [-0.4, -0.2) is 42.7 Å². The molecule has 0 spiro atoms. The molecule has 24 heavy (non-hydrogen) atoms. The summed E-state index contributed by atoms with van der Waals surface area (Å²) in [6.45, 7) is 4.06. The van der Waals surface area contributed by atoms with E-state index in [0.717, 1.165) is 16.8 Å². The average Bonchev–Trinajstić information content (AvgIpc) is 2.59. The third-order valence-electron chi connectivity index (χ3n) is 3.96. The zero-order valence-corrected chi connectivity index (χ0v) is 14.7. The van der Waals surface area contributed by atoms with E-state index in [2.05, 4.69) is 10.3 Å². The lowest BCUT2D eigenvalue weighted by Gasteiger charge is -2.15. The van der Waals surface area contributed by atoms with Gasteiger partial charge in [-0.2, -0.15) is 0 Å². The molecule has 0 aliphatic carbocycles. The first kappa shape index (κ1) is 17.9. The Morgan fingerprint density at radius 2 is 1.83 bits per heavy atom. The van der Waals surface area contributed by atoms with Gasteiger partial charge in [0.2, 0.25) is 0 Å². The van der Waals surface area contributed by atoms with E-state index in [0.29, 0.717) is 5.56 Å². The Kier molecular flexibility index (Phi) is 5.93. The SMILES string of the molecule is CC(C)C(O)CNC(=O)c1cncc(-c2ccc(N(C)C)cc2)c1. The molecular formula is C19H25N3O2. The zero-order valence-electron chi connectivity index (χ0n) is 14.7. The molecule has 0 saturated heterocycles. The highest BCUT2D eigenvalue weighted by atomic mass is 16.3. The predicted octanol–water partition coefficient (Wildman–Crippen LogP) is 2.56. The smallest absolute Gasteiger partial charge is 0.252 e. The summed E-state index contributed by atoms with van der Waals surface area (Å²) in [6.07, 6.45) is 2.72. The molecule has 5 nitrogen and oxygen atoms in total. The number of aliphatic hydroxyl groups is 1. The van der Waals surface area contributed by atoms with Crippen molar-refractivity contribution >= 4 is 11.6 Å². The van der Waals surface area contributed by atoms with Gasteiger partial charge in [0.1, 0.15) is 0 Å². The Hall–Kier alpha value is -2.40. The Labute approximate surface area is 143 Å². The van der Waals surface area contributed by atoms with E-state index in [1.54, 1.807) is 6.20 Å². The Balaban J connectivity index is 2.12. The van der Waals surface area contributed by atoms with Crippen molar-refractivity contribution in [3.63, 3.8) is 0 Å². The van der Waals surface area contributed by atoms with Crippen LogP contribution in [0.15, 0.2) is 42.7 Å². The summed E-state index contributed by atoms with van der Waals surface area (Å²) in [4.78, 5) is 18.4. The molecule has 0 fully saturated rings. The molecule has 2 aromatic rings. The third-order valence-corrected chi connectivity index (χ3v) is 3.96. The molecule has 0 saturated carbocycles. The highest BCUT2D eigenvalue weighted by Crippen LogP contribution is 2.22. The van der Waals surface area contributed by atoms with E-state index in [-0.39, 0.29) is 18.4 Å². The van der Waals surface area contributed by atoms with Crippen molar-refractivity contribution < 1.29 is 9.90 Å². The van der Waals surface area contributed by atoms with E-state index in [9.17, 15) is 9.90 Å². The molecule has 2 N–H and O–H groups in total. The predicted molar refractivity (Wildman–Crippen MR) is 97.2 cm³/mol. The van der Waals surface area contributed by atoms with E-state index >= 15 is 0 Å². The lowest BCUT2D eigenvalue weighted by atomic mass is 10.0. The van der Waals surface area contributed by atoms with Crippen molar-refractivity contribution in [2.45, 2.75) is 20.0 Å². The van der Waals surface area contributed by atoms with Crippen LogP contribution in [0.2, 0.25) is 0 Å². The Bertz CT molecular complexity index is 681. The number of aromatic nitrogens is 1. The van der Waals surface area contributed by atoms with Gasteiger partial charge in [-0.05, 0) is 29.7 Å². The summed E-state index contributed by atoms with van der Waals surface area (Å²) < 4.78 is 0. The molecular weight excluding hydrogens is 302 g/mol. The zero-order chi connectivity index (χ0) is 17.7. The van der Waals surface area contributed by atoms with Crippen molar-refractivity contribution in [1.82, 2.24) is 10.3 Å². The summed E-state index contributed by atoms with van der Waals surface area (Å²) in [5.41, 5.74) is 3.49. The van der Waals surface area contributed by atoms with E-state index < -0.39 is 6.10 Å². The van der Waals surface area contributed by atoms with Gasteiger partial charge in [-0.1, -0.05) is 26.0 Å². The summed E-state index contributed by atoms with van der Waals surface area (Å²) in [7, 11) is 3.99. The fourth-order valence-electron chi connectivity index (χ4n) is 2.21. The van der Waals surface area contributed by atoms with Crippen LogP contribution in [0.3, 0.4) is 0 Å². The first-order chi connectivity index (χ1) is 11.4. The van der Waals surface area contributed by atoms with E-state index in [1.165, 1.54) is 6.20 Å². The van der Waals surface area contributed by atoms with Crippen LogP contribution in [0.1, 0.15) is 24.2 Å². The van der Waals surface area contributed by atoms with Crippen LogP contribution in [0.5, 0.6) is 0 Å². The maximum Gasteiger partial charge on any atom is 0.252 e. The number of hydrogen-bond acceptors (Lipinski definition) is 4. The second-order valence-electron chi connectivity index (χ2n) is 6.42. The standard InChI is InChI=1S/C19H25N3O2/c1-13(2)18(23)12-21-19(24)16-9-15(10-20-11-16)14-5-7-17(8-6-14)22(3)4/h5-11,13,18,23H,12H2,1-4H3,(H,21,24). The molecule has 1 unspecified atom stereocenters. The highest BCUT2D eigenvalue weighted by Gasteiger charge is 2.13. The van der Waals surface area contributed by atoms with Gasteiger partial charge in [0, 0.05) is 44.3 Å². The fourth-order valence-corrected chi connectivity index (χ4v) is 2.21. The molecule has 0 bridgehead atoms. The number of rotatable bonds is 6. The second-order valence-corrected chi connectivity index (χ2v) is 6.42. The van der Waals surface area contributed by atoms with E-state index in [1.807, 2.05) is 63.2 Å². The number of hydrogen-bond donors (Lipinski definition) is 2. The van der Waals surface area contributed by atoms with Crippen molar-refractivity contribution in [2.75, 3.05) is 25.5 Å². The molecule has 1 amide bonds. The molecule has 1 heterocycles. The van der Waals surface area contributed by atoms with Crippen molar-refractivity contribution in [1.29, 1.82) is 0 Å². The number of nitrogens with zero attached hydrogens (tertiary/aromatic N) is 2. The molecule has 5 heteroatoms. The van der Waals surface area contributed by atoms with Crippen molar-refractivity contribution in [2.24, 2.45) is 5.92 Å². The lowest BCUT2D eigenvalue weighted by molar-refractivity contribution is 0.0871. The van der Waals surface area contributed by atoms with Crippen LogP contribution in [-0.2, 0) is 0 Å². The molecule has 128 valence electrons. The fraction of sp³-hybridized carbons (Fsp3) is 0.368. The molecule has 0 aliphatic rings. The van der Waals surface area contributed by atoms with Gasteiger partial charge in [-0.3, -0.25) is 9.78 Å². The lowest BCUT2D eigenvalue weighted by Crippen LogP contribution is -2.34. The number of aliphatic hydroxyl groups excluding tert-OH is 1. The molecule has 0 aliphatic heterocycles. The minimum atomic E-state index is -0.552. The summed E-state index contributed by atoms with van der Waals surface area (Å²) in [6, 6.07) is 9.89. The van der Waals surface area contributed by atoms with Gasteiger partial charge in [0.15, 0.2) is 0 Å². The molecule has 1 aromatic carbocycles. The second kappa shape index (κ2) is 7.93. The van der Waals surface area contributed by atoms with Crippen LogP contribution < -0.4 is 10.2 Å². The van der Waals surface area contributed by atoms with Crippen LogP contribution in [0.25, 0.3) is 11.1 Å². The van der Waals surface area contributed by atoms with Crippen LogP contribution in [0, 0.1) is 5.92 Å². The monoisotopic (exact) mass is 327 g/mol. The molecule has 1 atom stereocenters. The number of carbonyl (C=O) groups excluding carboxylic acids is 1. The van der Waals surface area contributed by atoms with Gasteiger partial charge < -0.3 is 15.3 Å². The van der Waals surface area contributed by atoms with Crippen LogP contribution >= 0.6 is 0 Å². The number of pyridine rings is 1. The van der Waals surface area contributed by atoms with Gasteiger partial charge in [-0.15, -0.1) is 0 Å². The topological polar surface area (TPSA) is 65.5 Å². The summed E-state index contributed by atoms with van der Waals surface area (Å²) >= 11 is 0. The highest BCUT2D eigenvalue weighted by molar-refractivity contribution is 5.95. The quantitative estimate of drug-likeness (QED) is 0.856. The van der Waals surface area contributed by atoms with Gasteiger partial charge in [-0.25, -0.2) is 0 Å². The first-order valence-corrected chi connectivity index (χ1v) is 8.07. The Morgan fingerprint density at radius 3 is 2.42 bits per heavy atom. The number of carbonyl (C=O) groups is 1. The number of amides is 1.